The van der Waals surface area contributed by atoms with Crippen LogP contribution in [0.15, 0.2) is 29.6 Å². The van der Waals surface area contributed by atoms with Gasteiger partial charge in [0, 0.05) is 5.38 Å². The second-order valence-electron chi connectivity index (χ2n) is 3.77. The summed E-state index contributed by atoms with van der Waals surface area (Å²) in [4.78, 5) is 15.2. The second kappa shape index (κ2) is 6.21. The molecule has 98 valence electrons. The van der Waals surface area contributed by atoms with Gasteiger partial charge in [-0.1, -0.05) is 18.2 Å². The van der Waals surface area contributed by atoms with E-state index in [9.17, 15) is 9.18 Å². The summed E-state index contributed by atoms with van der Waals surface area (Å²) in [6, 6.07) is 6.11. The SMILES string of the molecule is O=C(Cc1csc(/C=C/c2ccc(F)cc2)n1)NO. The Morgan fingerprint density at radius 2 is 2.11 bits per heavy atom. The second-order valence-corrected chi connectivity index (χ2v) is 4.66. The molecule has 0 saturated carbocycles. The third kappa shape index (κ3) is 3.97. The van der Waals surface area contributed by atoms with Gasteiger partial charge in [-0.05, 0) is 23.8 Å². The molecule has 0 aliphatic heterocycles. The number of hydroxylamine groups is 1. The summed E-state index contributed by atoms with van der Waals surface area (Å²) >= 11 is 1.39. The fraction of sp³-hybridized carbons (Fsp3) is 0.0769. The molecule has 2 N–H and O–H groups in total. The van der Waals surface area contributed by atoms with Crippen LogP contribution in [0.5, 0.6) is 0 Å². The Kier molecular flexibility index (Phi) is 4.38. The van der Waals surface area contributed by atoms with Crippen LogP contribution in [-0.2, 0) is 11.2 Å². The number of hydrogen-bond acceptors (Lipinski definition) is 4. The molecule has 4 nitrogen and oxygen atoms in total. The van der Waals surface area contributed by atoms with Crippen molar-refractivity contribution in [3.8, 4) is 0 Å². The average molecular weight is 278 g/mol. The van der Waals surface area contributed by atoms with E-state index in [-0.39, 0.29) is 12.2 Å². The number of aromatic nitrogens is 1. The van der Waals surface area contributed by atoms with Crippen LogP contribution in [0.1, 0.15) is 16.3 Å². The molecule has 0 saturated heterocycles. The third-order valence-corrected chi connectivity index (χ3v) is 3.18. The molecule has 0 unspecified atom stereocenters. The largest absolute Gasteiger partial charge is 0.289 e. The molecule has 0 spiro atoms. The summed E-state index contributed by atoms with van der Waals surface area (Å²) < 4.78 is 12.7. The molecular formula is C13H11FN2O2S. The van der Waals surface area contributed by atoms with E-state index in [0.717, 1.165) is 10.6 Å². The zero-order valence-electron chi connectivity index (χ0n) is 9.84. The highest BCUT2D eigenvalue weighted by molar-refractivity contribution is 7.10. The fourth-order valence-corrected chi connectivity index (χ4v) is 2.14. The van der Waals surface area contributed by atoms with Crippen LogP contribution in [0.2, 0.25) is 0 Å². The van der Waals surface area contributed by atoms with Crippen LogP contribution in [0.4, 0.5) is 4.39 Å². The summed E-state index contributed by atoms with van der Waals surface area (Å²) in [6.07, 6.45) is 3.64. The number of nitrogens with one attached hydrogen (secondary N) is 1. The average Bonchev–Trinajstić information content (AvgIpc) is 2.85. The number of halogens is 1. The first kappa shape index (κ1) is 13.4. The van der Waals surface area contributed by atoms with Gasteiger partial charge in [-0.25, -0.2) is 14.9 Å². The summed E-state index contributed by atoms with van der Waals surface area (Å²) in [6.45, 7) is 0. The summed E-state index contributed by atoms with van der Waals surface area (Å²) in [7, 11) is 0. The Morgan fingerprint density at radius 1 is 1.37 bits per heavy atom. The normalized spacial score (nSPS) is 10.8. The lowest BCUT2D eigenvalue weighted by Gasteiger charge is -1.93. The van der Waals surface area contributed by atoms with Gasteiger partial charge in [0.25, 0.3) is 0 Å². The molecule has 0 bridgehead atoms. The predicted molar refractivity (Wildman–Crippen MR) is 71.1 cm³/mol. The van der Waals surface area contributed by atoms with Crippen molar-refractivity contribution in [1.82, 2.24) is 10.5 Å². The van der Waals surface area contributed by atoms with Crippen LogP contribution in [0.25, 0.3) is 12.2 Å². The first-order chi connectivity index (χ1) is 9.17. The summed E-state index contributed by atoms with van der Waals surface area (Å²) in [5, 5.41) is 10.9. The number of amides is 1. The van der Waals surface area contributed by atoms with Crippen molar-refractivity contribution in [1.29, 1.82) is 0 Å². The summed E-state index contributed by atoms with van der Waals surface area (Å²) in [5.74, 6) is -0.775. The van der Waals surface area contributed by atoms with Gasteiger partial charge in [0.15, 0.2) is 0 Å². The Balaban J connectivity index is 2.03. The molecule has 0 radical (unpaired) electrons. The molecule has 0 aliphatic rings. The number of carbonyl (C=O) groups excluding carboxylic acids is 1. The minimum atomic E-state index is -0.501. The molecule has 19 heavy (non-hydrogen) atoms. The number of benzene rings is 1. The maximum atomic E-state index is 12.7. The van der Waals surface area contributed by atoms with Gasteiger partial charge in [-0.15, -0.1) is 11.3 Å². The monoisotopic (exact) mass is 278 g/mol. The number of nitrogens with zero attached hydrogens (tertiary/aromatic N) is 1. The quantitative estimate of drug-likeness (QED) is 0.667. The van der Waals surface area contributed by atoms with E-state index in [4.69, 9.17) is 5.21 Å². The van der Waals surface area contributed by atoms with E-state index in [0.29, 0.717) is 5.69 Å². The van der Waals surface area contributed by atoms with E-state index < -0.39 is 5.91 Å². The molecule has 0 fully saturated rings. The minimum absolute atomic E-state index is 0.0391. The lowest BCUT2D eigenvalue weighted by Crippen LogP contribution is -2.20. The molecular weight excluding hydrogens is 267 g/mol. The van der Waals surface area contributed by atoms with Crippen molar-refractivity contribution >= 4 is 29.4 Å². The summed E-state index contributed by atoms with van der Waals surface area (Å²) in [5.41, 5.74) is 3.02. The van der Waals surface area contributed by atoms with Crippen molar-refractivity contribution in [3.05, 3.63) is 51.7 Å². The smallest absolute Gasteiger partial charge is 0.249 e. The topological polar surface area (TPSA) is 62.2 Å². The number of rotatable bonds is 4. The van der Waals surface area contributed by atoms with Crippen LogP contribution in [0, 0.1) is 5.82 Å². The van der Waals surface area contributed by atoms with Crippen molar-refractivity contribution < 1.29 is 14.4 Å². The maximum absolute atomic E-state index is 12.7. The van der Waals surface area contributed by atoms with Crippen LogP contribution in [-0.4, -0.2) is 16.1 Å². The van der Waals surface area contributed by atoms with Gasteiger partial charge in [0.05, 0.1) is 12.1 Å². The van der Waals surface area contributed by atoms with Gasteiger partial charge >= 0.3 is 0 Å². The molecule has 6 heteroatoms. The van der Waals surface area contributed by atoms with Crippen LogP contribution >= 0.6 is 11.3 Å². The number of carbonyl (C=O) groups is 1. The molecule has 1 aromatic carbocycles. The zero-order valence-corrected chi connectivity index (χ0v) is 10.7. The third-order valence-electron chi connectivity index (χ3n) is 2.32. The highest BCUT2D eigenvalue weighted by Gasteiger charge is 2.05. The standard InChI is InChI=1S/C13H11FN2O2S/c14-10-4-1-9(2-5-10)3-6-13-15-11(8-19-13)7-12(17)16-18/h1-6,8,18H,7H2,(H,16,17)/b6-3+. The van der Waals surface area contributed by atoms with E-state index >= 15 is 0 Å². The minimum Gasteiger partial charge on any atom is -0.289 e. The first-order valence-corrected chi connectivity index (χ1v) is 6.36. The Labute approximate surface area is 113 Å². The fourth-order valence-electron chi connectivity index (χ4n) is 1.43. The van der Waals surface area contributed by atoms with Gasteiger partial charge in [-0.2, -0.15) is 0 Å². The predicted octanol–water partition coefficient (Wildman–Crippen LogP) is 2.50. The maximum Gasteiger partial charge on any atom is 0.249 e. The van der Waals surface area contributed by atoms with Crippen molar-refractivity contribution in [2.75, 3.05) is 0 Å². The number of thiazole rings is 1. The van der Waals surface area contributed by atoms with Crippen molar-refractivity contribution in [3.63, 3.8) is 0 Å². The molecule has 1 aromatic heterocycles. The van der Waals surface area contributed by atoms with Gasteiger partial charge in [0.2, 0.25) is 5.91 Å². The molecule has 2 aromatic rings. The van der Waals surface area contributed by atoms with Crippen LogP contribution in [0.3, 0.4) is 0 Å². The Hall–Kier alpha value is -2.05. The highest BCUT2D eigenvalue weighted by Crippen LogP contribution is 2.14. The highest BCUT2D eigenvalue weighted by atomic mass is 32.1. The Morgan fingerprint density at radius 3 is 2.79 bits per heavy atom. The molecule has 0 atom stereocenters. The van der Waals surface area contributed by atoms with E-state index in [1.54, 1.807) is 29.1 Å². The van der Waals surface area contributed by atoms with Crippen LogP contribution < -0.4 is 5.48 Å². The lowest BCUT2D eigenvalue weighted by molar-refractivity contribution is -0.128. The van der Waals surface area contributed by atoms with Gasteiger partial charge < -0.3 is 0 Å². The van der Waals surface area contributed by atoms with E-state index in [1.165, 1.54) is 23.5 Å². The molecule has 1 amide bonds. The first-order valence-electron chi connectivity index (χ1n) is 5.48. The molecule has 2 rings (SSSR count). The zero-order chi connectivity index (χ0) is 13.7. The molecule has 1 heterocycles. The van der Waals surface area contributed by atoms with E-state index in [2.05, 4.69) is 4.98 Å². The van der Waals surface area contributed by atoms with Gasteiger partial charge in [-0.3, -0.25) is 10.0 Å². The van der Waals surface area contributed by atoms with Crippen molar-refractivity contribution in [2.45, 2.75) is 6.42 Å². The Bertz CT molecular complexity index is 593. The number of hydrogen-bond donors (Lipinski definition) is 2. The lowest BCUT2D eigenvalue weighted by atomic mass is 10.2. The molecule has 0 aliphatic carbocycles. The van der Waals surface area contributed by atoms with Crippen molar-refractivity contribution in [2.24, 2.45) is 0 Å². The van der Waals surface area contributed by atoms with E-state index in [1.807, 2.05) is 6.08 Å². The van der Waals surface area contributed by atoms with Gasteiger partial charge in [0.1, 0.15) is 10.8 Å².